The Morgan fingerprint density at radius 3 is 2.50 bits per heavy atom. The first-order valence-corrected chi connectivity index (χ1v) is 11.4. The summed E-state index contributed by atoms with van der Waals surface area (Å²) in [7, 11) is -3.10. The van der Waals surface area contributed by atoms with Crippen LogP contribution in [-0.2, 0) is 21.2 Å². The van der Waals surface area contributed by atoms with Crippen LogP contribution in [0, 0.1) is 13.8 Å². The minimum atomic E-state index is -3.10. The number of rotatable bonds is 6. The predicted octanol–water partition coefficient (Wildman–Crippen LogP) is 3.29. The number of sulfone groups is 1. The van der Waals surface area contributed by atoms with Crippen molar-refractivity contribution in [2.45, 2.75) is 45.9 Å². The molecule has 150 valence electrons. The van der Waals surface area contributed by atoms with Gasteiger partial charge in [-0.05, 0) is 49.9 Å². The van der Waals surface area contributed by atoms with Crippen LogP contribution in [0.25, 0.3) is 0 Å². The Labute approximate surface area is 167 Å². The Kier molecular flexibility index (Phi) is 6.08. The van der Waals surface area contributed by atoms with E-state index < -0.39 is 15.9 Å². The second kappa shape index (κ2) is 8.35. The molecule has 0 aliphatic carbocycles. The van der Waals surface area contributed by atoms with Gasteiger partial charge in [-0.1, -0.05) is 42.5 Å². The lowest BCUT2D eigenvalue weighted by atomic mass is 10.1. The number of ether oxygens (including phenoxy) is 1. The smallest absolute Gasteiger partial charge is 0.263 e. The Balaban J connectivity index is 1.82. The van der Waals surface area contributed by atoms with Gasteiger partial charge in [-0.3, -0.25) is 4.79 Å². The lowest BCUT2D eigenvalue weighted by Gasteiger charge is -2.31. The van der Waals surface area contributed by atoms with E-state index in [4.69, 9.17) is 4.74 Å². The highest BCUT2D eigenvalue weighted by Gasteiger charge is 2.36. The molecule has 28 heavy (non-hydrogen) atoms. The van der Waals surface area contributed by atoms with Crippen molar-refractivity contribution in [3.05, 3.63) is 65.2 Å². The molecule has 0 radical (unpaired) electrons. The molecule has 2 aromatic carbocycles. The van der Waals surface area contributed by atoms with E-state index in [2.05, 4.69) is 0 Å². The van der Waals surface area contributed by atoms with Crippen molar-refractivity contribution in [3.8, 4) is 5.75 Å². The fraction of sp³-hybridized carbons (Fsp3) is 0.409. The molecule has 1 fully saturated rings. The summed E-state index contributed by atoms with van der Waals surface area (Å²) in [6.45, 7) is 6.07. The van der Waals surface area contributed by atoms with Crippen molar-refractivity contribution >= 4 is 15.7 Å². The standard InChI is InChI=1S/C22H27NO4S/c1-16-8-7-11-21(17(16)2)27-18(3)22(24)23(14-19-9-5-4-6-10-19)20-12-13-28(25,26)15-20/h4-11,18,20H,12-15H2,1-3H3/t18-,20-/m0/s1. The van der Waals surface area contributed by atoms with Crippen LogP contribution in [0.2, 0.25) is 0 Å². The maximum Gasteiger partial charge on any atom is 0.263 e. The highest BCUT2D eigenvalue weighted by atomic mass is 32.2. The zero-order valence-electron chi connectivity index (χ0n) is 16.6. The zero-order valence-corrected chi connectivity index (χ0v) is 17.4. The van der Waals surface area contributed by atoms with Gasteiger partial charge in [0, 0.05) is 12.6 Å². The Hall–Kier alpha value is -2.34. The summed E-state index contributed by atoms with van der Waals surface area (Å²) in [6, 6.07) is 15.1. The highest BCUT2D eigenvalue weighted by molar-refractivity contribution is 7.91. The lowest BCUT2D eigenvalue weighted by molar-refractivity contribution is -0.140. The molecule has 1 aliphatic rings. The molecule has 3 rings (SSSR count). The third-order valence-corrected chi connectivity index (χ3v) is 7.08. The van der Waals surface area contributed by atoms with E-state index in [0.717, 1.165) is 16.7 Å². The molecule has 0 unspecified atom stereocenters. The molecule has 0 bridgehead atoms. The Bertz CT molecular complexity index is 940. The van der Waals surface area contributed by atoms with Gasteiger partial charge in [0.05, 0.1) is 11.5 Å². The second-order valence-corrected chi connectivity index (χ2v) is 9.70. The van der Waals surface area contributed by atoms with Crippen molar-refractivity contribution in [3.63, 3.8) is 0 Å². The average molecular weight is 402 g/mol. The quantitative estimate of drug-likeness (QED) is 0.745. The summed E-state index contributed by atoms with van der Waals surface area (Å²) >= 11 is 0. The normalized spacial score (nSPS) is 19.2. The van der Waals surface area contributed by atoms with Gasteiger partial charge in [0.25, 0.3) is 5.91 Å². The van der Waals surface area contributed by atoms with Gasteiger partial charge >= 0.3 is 0 Å². The number of carbonyl (C=O) groups excluding carboxylic acids is 1. The molecule has 0 spiro atoms. The summed E-state index contributed by atoms with van der Waals surface area (Å²) in [4.78, 5) is 14.9. The van der Waals surface area contributed by atoms with E-state index in [1.165, 1.54) is 0 Å². The SMILES string of the molecule is Cc1cccc(O[C@@H](C)C(=O)N(Cc2ccccc2)[C@H]2CCS(=O)(=O)C2)c1C. The van der Waals surface area contributed by atoms with Crippen LogP contribution < -0.4 is 4.74 Å². The van der Waals surface area contributed by atoms with Crippen molar-refractivity contribution in [2.75, 3.05) is 11.5 Å². The number of amides is 1. The van der Waals surface area contributed by atoms with Gasteiger partial charge in [-0.25, -0.2) is 8.42 Å². The molecule has 1 aliphatic heterocycles. The van der Waals surface area contributed by atoms with Crippen LogP contribution in [-0.4, -0.2) is 42.9 Å². The van der Waals surface area contributed by atoms with E-state index in [1.54, 1.807) is 11.8 Å². The zero-order chi connectivity index (χ0) is 20.3. The minimum Gasteiger partial charge on any atom is -0.481 e. The molecule has 1 heterocycles. The Morgan fingerprint density at radius 2 is 1.86 bits per heavy atom. The third kappa shape index (κ3) is 4.73. The molecular formula is C22H27NO4S. The highest BCUT2D eigenvalue weighted by Crippen LogP contribution is 2.25. The first-order chi connectivity index (χ1) is 13.3. The lowest BCUT2D eigenvalue weighted by Crippen LogP contribution is -2.46. The molecular weight excluding hydrogens is 374 g/mol. The molecule has 1 saturated heterocycles. The summed E-state index contributed by atoms with van der Waals surface area (Å²) < 4.78 is 30.0. The van der Waals surface area contributed by atoms with Crippen LogP contribution in [0.15, 0.2) is 48.5 Å². The number of hydrogen-bond donors (Lipinski definition) is 0. The topological polar surface area (TPSA) is 63.7 Å². The van der Waals surface area contributed by atoms with E-state index in [0.29, 0.717) is 18.7 Å². The van der Waals surface area contributed by atoms with Gasteiger partial charge < -0.3 is 9.64 Å². The number of hydrogen-bond acceptors (Lipinski definition) is 4. The van der Waals surface area contributed by atoms with Crippen molar-refractivity contribution in [1.82, 2.24) is 4.90 Å². The van der Waals surface area contributed by atoms with Crippen LogP contribution in [0.5, 0.6) is 5.75 Å². The third-order valence-electron chi connectivity index (χ3n) is 5.33. The van der Waals surface area contributed by atoms with E-state index in [-0.39, 0.29) is 23.5 Å². The van der Waals surface area contributed by atoms with E-state index in [1.807, 2.05) is 62.4 Å². The molecule has 5 nitrogen and oxygen atoms in total. The predicted molar refractivity (Wildman–Crippen MR) is 110 cm³/mol. The summed E-state index contributed by atoms with van der Waals surface area (Å²) in [6.07, 6.45) is -0.232. The molecule has 2 atom stereocenters. The van der Waals surface area contributed by atoms with Crippen molar-refractivity contribution in [1.29, 1.82) is 0 Å². The van der Waals surface area contributed by atoms with Crippen LogP contribution >= 0.6 is 0 Å². The van der Waals surface area contributed by atoms with E-state index >= 15 is 0 Å². The first-order valence-electron chi connectivity index (χ1n) is 9.54. The Morgan fingerprint density at radius 1 is 1.14 bits per heavy atom. The molecule has 0 N–H and O–H groups in total. The van der Waals surface area contributed by atoms with Crippen molar-refractivity contribution < 1.29 is 17.9 Å². The molecule has 0 aromatic heterocycles. The van der Waals surface area contributed by atoms with Gasteiger partial charge in [-0.15, -0.1) is 0 Å². The molecule has 6 heteroatoms. The van der Waals surface area contributed by atoms with Crippen LogP contribution in [0.1, 0.15) is 30.0 Å². The van der Waals surface area contributed by atoms with Gasteiger partial charge in [0.1, 0.15) is 5.75 Å². The number of nitrogens with zero attached hydrogens (tertiary/aromatic N) is 1. The number of carbonyl (C=O) groups is 1. The van der Waals surface area contributed by atoms with E-state index in [9.17, 15) is 13.2 Å². The fourth-order valence-electron chi connectivity index (χ4n) is 3.51. The summed E-state index contributed by atoms with van der Waals surface area (Å²) in [5.41, 5.74) is 3.07. The van der Waals surface area contributed by atoms with Gasteiger partial charge in [0.2, 0.25) is 0 Å². The average Bonchev–Trinajstić information content (AvgIpc) is 3.03. The molecule has 1 amide bonds. The van der Waals surface area contributed by atoms with Gasteiger partial charge in [0.15, 0.2) is 15.9 Å². The minimum absolute atomic E-state index is 0.0156. The molecule has 0 saturated carbocycles. The van der Waals surface area contributed by atoms with Crippen LogP contribution in [0.4, 0.5) is 0 Å². The largest absolute Gasteiger partial charge is 0.481 e. The monoisotopic (exact) mass is 401 g/mol. The number of aryl methyl sites for hydroxylation is 1. The summed E-state index contributed by atoms with van der Waals surface area (Å²) in [5, 5.41) is 0. The fourth-order valence-corrected chi connectivity index (χ4v) is 5.25. The first kappa shape index (κ1) is 20.4. The van der Waals surface area contributed by atoms with Crippen molar-refractivity contribution in [2.24, 2.45) is 0 Å². The molecule has 2 aromatic rings. The van der Waals surface area contributed by atoms with Gasteiger partial charge in [-0.2, -0.15) is 0 Å². The number of benzene rings is 2. The maximum atomic E-state index is 13.3. The second-order valence-electron chi connectivity index (χ2n) is 7.47. The van der Waals surface area contributed by atoms with Crippen LogP contribution in [0.3, 0.4) is 0 Å². The maximum absolute atomic E-state index is 13.3. The summed E-state index contributed by atoms with van der Waals surface area (Å²) in [5.74, 6) is 0.635.